The zero-order valence-electron chi connectivity index (χ0n) is 40.4. The Morgan fingerprint density at radius 2 is 1.41 bits per heavy atom. The molecule has 1 saturated heterocycles. The van der Waals surface area contributed by atoms with E-state index in [4.69, 9.17) is 16.6 Å². The Kier molecular flexibility index (Phi) is 23.2. The highest BCUT2D eigenvalue weighted by molar-refractivity contribution is 5.98. The van der Waals surface area contributed by atoms with Crippen LogP contribution in [0.2, 0.25) is 0 Å². The fourth-order valence-electron chi connectivity index (χ4n) is 7.78. The van der Waals surface area contributed by atoms with Crippen LogP contribution in [-0.4, -0.2) is 159 Å². The number of amides is 8. The summed E-state index contributed by atoms with van der Waals surface area (Å²) in [7, 11) is 0. The third-order valence-electron chi connectivity index (χ3n) is 12.1. The average molecular weight is 986 g/mol. The molecule has 9 atom stereocenters. The van der Waals surface area contributed by atoms with Gasteiger partial charge in [0.15, 0.2) is 0 Å². The van der Waals surface area contributed by atoms with Gasteiger partial charge < -0.3 is 73.9 Å². The van der Waals surface area contributed by atoms with E-state index in [0.29, 0.717) is 31.2 Å². The summed E-state index contributed by atoms with van der Waals surface area (Å²) >= 11 is 0. The smallest absolute Gasteiger partial charge is 0.326 e. The normalized spacial score (nSPS) is 16.9. The molecule has 3 rings (SSSR count). The highest BCUT2D eigenvalue weighted by Gasteiger charge is 2.41. The van der Waals surface area contributed by atoms with Gasteiger partial charge in [0.1, 0.15) is 42.3 Å². The lowest BCUT2D eigenvalue weighted by Crippen LogP contribution is -2.60. The second-order valence-electron chi connectivity index (χ2n) is 17.9. The van der Waals surface area contributed by atoms with Gasteiger partial charge in [-0.1, -0.05) is 52.3 Å². The maximum absolute atomic E-state index is 14.4. The lowest BCUT2D eigenvalue weighted by Gasteiger charge is -2.32. The number of carboxylic acids is 2. The molecule has 1 fully saturated rings. The first kappa shape index (κ1) is 57.7. The van der Waals surface area contributed by atoms with Crippen molar-refractivity contribution in [1.29, 1.82) is 0 Å². The molecule has 15 N–H and O–H groups in total. The molecule has 0 bridgehead atoms. The second-order valence-corrected chi connectivity index (χ2v) is 17.9. The number of H-pyrrole nitrogens is 1. The van der Waals surface area contributed by atoms with Crippen molar-refractivity contribution in [2.45, 2.75) is 141 Å². The Balaban J connectivity index is 1.80. The number of aromatic amines is 1. The minimum Gasteiger partial charge on any atom is -0.481 e. The van der Waals surface area contributed by atoms with Gasteiger partial charge >= 0.3 is 11.9 Å². The van der Waals surface area contributed by atoms with Crippen LogP contribution < -0.4 is 48.7 Å². The minimum absolute atomic E-state index is 0.00313. The number of carbonyl (C=O) groups excluding carboxylic acids is 8. The molecule has 1 aliphatic heterocycles. The number of hydrogen-bond donors (Lipinski definition) is 13. The van der Waals surface area contributed by atoms with Gasteiger partial charge in [-0.2, -0.15) is 0 Å². The van der Waals surface area contributed by atoms with Crippen LogP contribution in [0, 0.1) is 11.8 Å². The number of benzene rings is 1. The number of aliphatic hydroxyl groups excluding tert-OH is 1. The number of hydrogen-bond acceptors (Lipinski definition) is 13. The number of nitrogens with zero attached hydrogens (tertiary/aromatic N) is 1. The number of unbranched alkanes of at least 4 members (excludes halogenated alkanes) is 1. The number of aliphatic carboxylic acids is 2. The van der Waals surface area contributed by atoms with Gasteiger partial charge in [0.2, 0.25) is 47.3 Å². The van der Waals surface area contributed by atoms with Gasteiger partial charge in [-0.25, -0.2) is 4.79 Å². The van der Waals surface area contributed by atoms with Gasteiger partial charge in [-0.05, 0) is 75.5 Å². The van der Waals surface area contributed by atoms with Crippen molar-refractivity contribution in [3.05, 3.63) is 36.0 Å². The SMILES string of the molecule is CC[C@H](C)[C@H](NC(=O)[C@H](Cc1c[nH]c2ccccc12)NC(=O)[C@@H]1CCCN1C(=O)[C@@H](NC(=O)[C@H](C)N)C(C)C)C(=O)NCC(=O)N[C@@H](CCCCN)C(=O)N[C@@H](CO)C(=O)N[C@@H](CCC(=O)O)C(=O)O. The Morgan fingerprint density at radius 3 is 2.03 bits per heavy atom. The summed E-state index contributed by atoms with van der Waals surface area (Å²) in [5.74, 6) is -9.74. The number of likely N-dealkylation sites (tertiary alicyclic amines) is 1. The molecule has 24 heteroatoms. The standard InChI is InChI=1S/C46H71N11O13/c1-6-25(4)38(44(67)50-22-35(59)51-30(14-9-10-18-47)40(63)54-33(23-58)42(65)52-31(46(69)70)16-17-36(60)61)56-41(64)32(20-27-21-49-29-13-8-7-12-28(27)29)53-43(66)34-15-11-19-57(34)45(68)37(24(2)3)55-39(62)26(5)48/h7-8,12-13,21,24-26,30-34,37-38,49,58H,6,9-11,14-20,22-23,47-48H2,1-5H3,(H,50,67)(H,51,59)(H,52,65)(H,53,66)(H,54,63)(H,55,62)(H,56,64)(H,60,61)(H,69,70)/t25-,26-,30-,31-,32-,33-,34-,37-,38-/m0/s1. The molecule has 0 radical (unpaired) electrons. The lowest BCUT2D eigenvalue weighted by molar-refractivity contribution is -0.143. The molecule has 2 aromatic rings. The maximum Gasteiger partial charge on any atom is 0.326 e. The van der Waals surface area contributed by atoms with Crippen LogP contribution in [0.3, 0.4) is 0 Å². The summed E-state index contributed by atoms with van der Waals surface area (Å²) in [6, 6.07) is -2.67. The summed E-state index contributed by atoms with van der Waals surface area (Å²) in [6.45, 7) is 7.29. The molecular formula is C46H71N11O13. The first-order valence-electron chi connectivity index (χ1n) is 23.6. The van der Waals surface area contributed by atoms with E-state index in [9.17, 15) is 58.2 Å². The number of carbonyl (C=O) groups is 10. The van der Waals surface area contributed by atoms with E-state index in [0.717, 1.165) is 10.9 Å². The van der Waals surface area contributed by atoms with E-state index >= 15 is 0 Å². The van der Waals surface area contributed by atoms with Crippen LogP contribution in [0.4, 0.5) is 0 Å². The third kappa shape index (κ3) is 17.1. The first-order valence-corrected chi connectivity index (χ1v) is 23.6. The Hall–Kier alpha value is -6.66. The third-order valence-corrected chi connectivity index (χ3v) is 12.1. The molecule has 0 saturated carbocycles. The van der Waals surface area contributed by atoms with Crippen molar-refractivity contribution in [1.82, 2.24) is 47.1 Å². The minimum atomic E-state index is -1.69. The molecule has 1 aromatic heterocycles. The fraction of sp³-hybridized carbons (Fsp3) is 0.609. The number of rotatable bonds is 29. The Labute approximate surface area is 405 Å². The van der Waals surface area contributed by atoms with Gasteiger partial charge in [0.05, 0.1) is 19.2 Å². The quantitative estimate of drug-likeness (QED) is 0.0387. The van der Waals surface area contributed by atoms with Crippen LogP contribution in [0.5, 0.6) is 0 Å². The van der Waals surface area contributed by atoms with E-state index in [1.54, 1.807) is 33.9 Å². The highest BCUT2D eigenvalue weighted by atomic mass is 16.4. The predicted octanol–water partition coefficient (Wildman–Crippen LogP) is -2.15. The summed E-state index contributed by atoms with van der Waals surface area (Å²) in [5, 5.41) is 46.7. The molecule has 388 valence electrons. The fourth-order valence-corrected chi connectivity index (χ4v) is 7.78. The Morgan fingerprint density at radius 1 is 0.771 bits per heavy atom. The number of carboxylic acid groups (broad SMARTS) is 2. The van der Waals surface area contributed by atoms with Crippen LogP contribution in [-0.2, 0) is 54.4 Å². The first-order chi connectivity index (χ1) is 33.1. The monoisotopic (exact) mass is 986 g/mol. The van der Waals surface area contributed by atoms with Crippen molar-refractivity contribution < 1.29 is 63.3 Å². The van der Waals surface area contributed by atoms with Crippen molar-refractivity contribution >= 4 is 70.1 Å². The molecule has 70 heavy (non-hydrogen) atoms. The zero-order chi connectivity index (χ0) is 52.2. The summed E-state index contributed by atoms with van der Waals surface area (Å²) in [5.41, 5.74) is 12.8. The molecule has 8 amide bonds. The van der Waals surface area contributed by atoms with E-state index in [1.807, 2.05) is 24.3 Å². The molecule has 2 heterocycles. The largest absolute Gasteiger partial charge is 0.481 e. The van der Waals surface area contributed by atoms with Crippen molar-refractivity contribution in [2.75, 3.05) is 26.2 Å². The number of para-hydroxylation sites is 1. The molecule has 0 aliphatic carbocycles. The van der Waals surface area contributed by atoms with E-state index in [1.165, 1.54) is 11.8 Å². The van der Waals surface area contributed by atoms with Crippen LogP contribution in [0.1, 0.15) is 91.5 Å². The van der Waals surface area contributed by atoms with Crippen LogP contribution in [0.15, 0.2) is 30.5 Å². The van der Waals surface area contributed by atoms with E-state index in [-0.39, 0.29) is 38.3 Å². The van der Waals surface area contributed by atoms with Gasteiger partial charge in [0, 0.05) is 36.5 Å². The van der Waals surface area contributed by atoms with Crippen molar-refractivity contribution in [2.24, 2.45) is 23.3 Å². The van der Waals surface area contributed by atoms with Crippen LogP contribution in [0.25, 0.3) is 10.9 Å². The van der Waals surface area contributed by atoms with E-state index in [2.05, 4.69) is 42.2 Å². The summed E-state index contributed by atoms with van der Waals surface area (Å²) in [6.07, 6.45) is 2.52. The Bertz CT molecular complexity index is 2170. The molecule has 0 unspecified atom stereocenters. The van der Waals surface area contributed by atoms with Crippen molar-refractivity contribution in [3.8, 4) is 0 Å². The maximum atomic E-state index is 14.4. The summed E-state index contributed by atoms with van der Waals surface area (Å²) < 4.78 is 0. The average Bonchev–Trinajstić information content (AvgIpc) is 3.98. The molecular weight excluding hydrogens is 915 g/mol. The number of fused-ring (bicyclic) bond motifs is 1. The molecule has 0 spiro atoms. The van der Waals surface area contributed by atoms with Gasteiger partial charge in [-0.15, -0.1) is 0 Å². The number of nitrogens with one attached hydrogen (secondary N) is 8. The zero-order valence-corrected chi connectivity index (χ0v) is 40.4. The number of aromatic nitrogens is 1. The topological polar surface area (TPSA) is 387 Å². The predicted molar refractivity (Wildman–Crippen MR) is 254 cm³/mol. The second kappa shape index (κ2) is 28.1. The molecule has 1 aliphatic rings. The summed E-state index contributed by atoms with van der Waals surface area (Å²) in [4.78, 5) is 136. The van der Waals surface area contributed by atoms with E-state index < -0.39 is 139 Å². The van der Waals surface area contributed by atoms with Gasteiger partial charge in [-0.3, -0.25) is 43.2 Å². The number of aliphatic hydroxyl groups is 1. The molecule has 24 nitrogen and oxygen atoms in total. The van der Waals surface area contributed by atoms with Crippen LogP contribution >= 0.6 is 0 Å². The molecule has 1 aromatic carbocycles. The lowest BCUT2D eigenvalue weighted by atomic mass is 9.97. The highest BCUT2D eigenvalue weighted by Crippen LogP contribution is 2.23. The number of nitrogens with two attached hydrogens (primary N) is 2. The van der Waals surface area contributed by atoms with Crippen molar-refractivity contribution in [3.63, 3.8) is 0 Å². The van der Waals surface area contributed by atoms with Gasteiger partial charge in [0.25, 0.3) is 0 Å².